The highest BCUT2D eigenvalue weighted by molar-refractivity contribution is 7.83. The molecule has 33 heavy (non-hydrogen) atoms. The maximum absolute atomic E-state index is 10.3. The van der Waals surface area contributed by atoms with Crippen molar-refractivity contribution in [3.8, 4) is 0 Å². The van der Waals surface area contributed by atoms with Crippen molar-refractivity contribution in [3.63, 3.8) is 0 Å². The summed E-state index contributed by atoms with van der Waals surface area (Å²) in [5, 5.41) is 28.2. The summed E-state index contributed by atoms with van der Waals surface area (Å²) in [7, 11) is -4.17. The minimum Gasteiger partial charge on any atom is -0.481 e. The lowest BCUT2D eigenvalue weighted by Crippen LogP contribution is -2.08. The standard InChI is InChI=1S/C18H36O2.C4H6O4.H3NO3S/c1-2-3-4-5-6-7-8-9-10-11-12-13-14-15-16-17-18(19)20;5-3(6)1-2-4(7)8;1-5(2,3)4/h2-17H2,1H3,(H,19,20);1-2H2,(H,5,6)(H,7,8);(H3,1,2,3,4). The molecule has 0 spiro atoms. The largest absolute Gasteiger partial charge is 0.481 e. The van der Waals surface area contributed by atoms with Gasteiger partial charge < -0.3 is 15.3 Å². The molecule has 0 atom stereocenters. The van der Waals surface area contributed by atoms with Crippen LogP contribution >= 0.6 is 0 Å². The van der Waals surface area contributed by atoms with Crippen LogP contribution < -0.4 is 5.14 Å². The van der Waals surface area contributed by atoms with E-state index in [2.05, 4.69) is 12.1 Å². The molecule has 0 radical (unpaired) electrons. The summed E-state index contributed by atoms with van der Waals surface area (Å²) in [6.45, 7) is 2.27. The van der Waals surface area contributed by atoms with Crippen LogP contribution in [0.25, 0.3) is 0 Å². The molecule has 11 heteroatoms. The van der Waals surface area contributed by atoms with Crippen LogP contribution in [0.2, 0.25) is 0 Å². The van der Waals surface area contributed by atoms with Gasteiger partial charge in [-0.2, -0.15) is 8.42 Å². The molecule has 0 aromatic heterocycles. The van der Waals surface area contributed by atoms with E-state index in [4.69, 9.17) is 28.3 Å². The Bertz CT molecular complexity index is 558. The molecule has 0 amide bonds. The van der Waals surface area contributed by atoms with Gasteiger partial charge in [-0.25, -0.2) is 5.14 Å². The topological polar surface area (TPSA) is 192 Å². The highest BCUT2D eigenvalue weighted by Gasteiger charge is 2.00. The van der Waals surface area contributed by atoms with Crippen LogP contribution in [0.5, 0.6) is 0 Å². The van der Waals surface area contributed by atoms with Gasteiger partial charge in [0.15, 0.2) is 0 Å². The Hall–Kier alpha value is -1.72. The molecular weight excluding hydrogens is 454 g/mol. The SMILES string of the molecule is CCCCCCCCCCCCCCCCCC(=O)O.NS(=O)(=O)O.O=C(O)CCC(=O)O. The number of nitrogens with two attached hydrogens (primary N) is 1. The summed E-state index contributed by atoms with van der Waals surface area (Å²) in [5.41, 5.74) is 0. The normalized spacial score (nSPS) is 10.4. The van der Waals surface area contributed by atoms with Gasteiger partial charge in [0.1, 0.15) is 0 Å². The van der Waals surface area contributed by atoms with Crippen LogP contribution in [0.1, 0.15) is 122 Å². The molecule has 0 saturated heterocycles. The van der Waals surface area contributed by atoms with Crippen LogP contribution in [-0.4, -0.2) is 46.2 Å². The van der Waals surface area contributed by atoms with Gasteiger partial charge in [0.25, 0.3) is 0 Å². The summed E-state index contributed by atoms with van der Waals surface area (Å²) in [6.07, 6.45) is 19.6. The number of carboxylic acid groups (broad SMARTS) is 3. The molecule has 0 aromatic carbocycles. The number of carbonyl (C=O) groups is 3. The maximum atomic E-state index is 10.3. The predicted octanol–water partition coefficient (Wildman–Crippen LogP) is 5.02. The van der Waals surface area contributed by atoms with E-state index in [1.807, 2.05) is 0 Å². The summed E-state index contributed by atoms with van der Waals surface area (Å²) in [5.74, 6) is -2.81. The molecule has 0 heterocycles. The summed E-state index contributed by atoms with van der Waals surface area (Å²) in [4.78, 5) is 29.6. The first-order chi connectivity index (χ1) is 15.4. The lowest BCUT2D eigenvalue weighted by molar-refractivity contribution is -0.143. The van der Waals surface area contributed by atoms with Crippen molar-refractivity contribution >= 4 is 28.2 Å². The van der Waals surface area contributed by atoms with Crippen molar-refractivity contribution in [2.75, 3.05) is 0 Å². The molecule has 0 bridgehead atoms. The number of carboxylic acids is 3. The number of hydrogen-bond acceptors (Lipinski definition) is 5. The van der Waals surface area contributed by atoms with Crippen molar-refractivity contribution in [2.24, 2.45) is 5.14 Å². The van der Waals surface area contributed by atoms with E-state index in [9.17, 15) is 14.4 Å². The third-order valence-corrected chi connectivity index (χ3v) is 4.55. The Kier molecular flexibility index (Phi) is 28.8. The quantitative estimate of drug-likeness (QED) is 0.120. The molecular formula is C22H45NO9S. The van der Waals surface area contributed by atoms with E-state index in [-0.39, 0.29) is 12.8 Å². The second-order valence-corrected chi connectivity index (χ2v) is 8.93. The number of hydrogen-bond donors (Lipinski definition) is 5. The molecule has 0 unspecified atom stereocenters. The zero-order chi connectivity index (χ0) is 26.0. The van der Waals surface area contributed by atoms with E-state index >= 15 is 0 Å². The summed E-state index contributed by atoms with van der Waals surface area (Å²) < 4.78 is 25.2. The molecule has 0 fully saturated rings. The molecule has 0 saturated carbocycles. The molecule has 10 nitrogen and oxygen atoms in total. The number of aliphatic carboxylic acids is 3. The average Bonchev–Trinajstić information content (AvgIpc) is 2.68. The molecule has 0 aliphatic heterocycles. The molecule has 0 aliphatic carbocycles. The molecule has 0 rings (SSSR count). The molecule has 0 aliphatic rings. The molecule has 198 valence electrons. The van der Waals surface area contributed by atoms with Gasteiger partial charge in [0, 0.05) is 6.42 Å². The maximum Gasteiger partial charge on any atom is 0.330 e. The van der Waals surface area contributed by atoms with Crippen molar-refractivity contribution < 1.29 is 42.7 Å². The Labute approximate surface area is 198 Å². The fourth-order valence-corrected chi connectivity index (χ4v) is 2.86. The summed E-state index contributed by atoms with van der Waals surface area (Å²) in [6, 6.07) is 0. The zero-order valence-corrected chi connectivity index (χ0v) is 20.9. The fraction of sp³-hybridized carbons (Fsp3) is 0.864. The van der Waals surface area contributed by atoms with Crippen molar-refractivity contribution in [3.05, 3.63) is 0 Å². The van der Waals surface area contributed by atoms with Gasteiger partial charge in [-0.1, -0.05) is 96.8 Å². The third-order valence-electron chi connectivity index (χ3n) is 4.55. The second-order valence-electron chi connectivity index (χ2n) is 7.90. The van der Waals surface area contributed by atoms with E-state index in [1.54, 1.807) is 0 Å². The number of rotatable bonds is 19. The lowest BCUT2D eigenvalue weighted by atomic mass is 10.0. The third kappa shape index (κ3) is 58.9. The van der Waals surface area contributed by atoms with Crippen molar-refractivity contribution in [1.29, 1.82) is 0 Å². The fourth-order valence-electron chi connectivity index (χ4n) is 2.86. The smallest absolute Gasteiger partial charge is 0.330 e. The second kappa shape index (κ2) is 26.5. The highest BCUT2D eigenvalue weighted by Crippen LogP contribution is 2.13. The van der Waals surface area contributed by atoms with Crippen molar-refractivity contribution in [1.82, 2.24) is 0 Å². The monoisotopic (exact) mass is 499 g/mol. The zero-order valence-electron chi connectivity index (χ0n) is 20.0. The summed E-state index contributed by atoms with van der Waals surface area (Å²) >= 11 is 0. The Balaban J connectivity index is -0.000000565. The number of unbranched alkanes of at least 4 members (excludes halogenated alkanes) is 14. The first-order valence-corrected chi connectivity index (χ1v) is 13.3. The van der Waals surface area contributed by atoms with E-state index in [0.29, 0.717) is 6.42 Å². The first-order valence-electron chi connectivity index (χ1n) is 11.8. The minimum absolute atomic E-state index is 0.296. The predicted molar refractivity (Wildman–Crippen MR) is 127 cm³/mol. The molecule has 0 aromatic rings. The minimum atomic E-state index is -4.17. The van der Waals surface area contributed by atoms with Crippen LogP contribution in [0.4, 0.5) is 0 Å². The van der Waals surface area contributed by atoms with Crippen molar-refractivity contribution in [2.45, 2.75) is 122 Å². The van der Waals surface area contributed by atoms with Gasteiger partial charge in [0.2, 0.25) is 0 Å². The Morgan fingerprint density at radius 3 is 0.970 bits per heavy atom. The van der Waals surface area contributed by atoms with E-state index in [0.717, 1.165) is 12.8 Å². The van der Waals surface area contributed by atoms with Crippen LogP contribution in [0, 0.1) is 0 Å². The lowest BCUT2D eigenvalue weighted by Gasteiger charge is -2.03. The first kappa shape index (κ1) is 35.9. The van der Waals surface area contributed by atoms with Gasteiger partial charge in [-0.05, 0) is 6.42 Å². The highest BCUT2D eigenvalue weighted by atomic mass is 32.2. The van der Waals surface area contributed by atoms with Gasteiger partial charge in [-0.3, -0.25) is 18.9 Å². The average molecular weight is 500 g/mol. The van der Waals surface area contributed by atoms with Gasteiger partial charge >= 0.3 is 28.2 Å². The van der Waals surface area contributed by atoms with Crippen LogP contribution in [-0.2, 0) is 24.7 Å². The van der Waals surface area contributed by atoms with E-state index < -0.39 is 28.2 Å². The Morgan fingerprint density at radius 2 is 0.758 bits per heavy atom. The molecule has 6 N–H and O–H groups in total. The van der Waals surface area contributed by atoms with E-state index in [1.165, 1.54) is 83.5 Å². The Morgan fingerprint density at radius 1 is 0.545 bits per heavy atom. The van der Waals surface area contributed by atoms with Crippen LogP contribution in [0.15, 0.2) is 0 Å². The van der Waals surface area contributed by atoms with Gasteiger partial charge in [0.05, 0.1) is 12.8 Å². The van der Waals surface area contributed by atoms with Gasteiger partial charge in [-0.15, -0.1) is 0 Å². The van der Waals surface area contributed by atoms with Crippen LogP contribution in [0.3, 0.4) is 0 Å².